The number of fused-ring (bicyclic) bond motifs is 2. The number of halogens is 3. The number of hydrogen-bond donors (Lipinski definition) is 8. The van der Waals surface area contributed by atoms with Gasteiger partial charge in [0.05, 0.1) is 39.0 Å². The van der Waals surface area contributed by atoms with Crippen LogP contribution < -0.4 is 37.4 Å². The molecule has 10 aromatic rings. The van der Waals surface area contributed by atoms with Crippen LogP contribution in [0.15, 0.2) is 138 Å². The number of aryl methyl sites for hydroxylation is 6. The minimum absolute atomic E-state index is 0.141. The first-order valence-corrected chi connectivity index (χ1v) is 35.6. The lowest BCUT2D eigenvalue weighted by atomic mass is 9.80. The minimum atomic E-state index is -1.50. The molecular weight excluding hydrogens is 1390 g/mol. The fourth-order valence-electron chi connectivity index (χ4n) is 12.5. The normalized spacial score (nSPS) is 13.0. The monoisotopic (exact) mass is 1480 g/mol. The molecule has 26 heteroatoms. The Hall–Kier alpha value is -10.4. The molecule has 0 saturated carbocycles. The molecule has 4 aromatic heterocycles. The molecule has 0 radical (unpaired) electrons. The lowest BCUT2D eigenvalue weighted by Crippen LogP contribution is -2.30. The first kappa shape index (κ1) is 76.3. The van der Waals surface area contributed by atoms with E-state index >= 15 is 0 Å². The smallest absolute Gasteiger partial charge is 0.423 e. The van der Waals surface area contributed by atoms with Gasteiger partial charge in [-0.05, 0) is 182 Å². The van der Waals surface area contributed by atoms with Crippen molar-refractivity contribution in [1.29, 1.82) is 0 Å². The van der Waals surface area contributed by atoms with E-state index in [1.807, 2.05) is 56.4 Å². The summed E-state index contributed by atoms with van der Waals surface area (Å²) in [5.74, 6) is -2.08. The predicted octanol–water partition coefficient (Wildman–Crippen LogP) is 11.2. The van der Waals surface area contributed by atoms with Crippen molar-refractivity contribution in [1.82, 2.24) is 50.8 Å². The summed E-state index contributed by atoms with van der Waals surface area (Å²) in [5.41, 5.74) is 13.7. The first-order valence-electron chi connectivity index (χ1n) is 34.8. The van der Waals surface area contributed by atoms with Gasteiger partial charge in [-0.2, -0.15) is 10.2 Å². The van der Waals surface area contributed by atoms with Crippen molar-refractivity contribution in [3.8, 4) is 11.1 Å². The minimum Gasteiger partial charge on any atom is -0.423 e. The highest BCUT2D eigenvalue weighted by molar-refractivity contribution is 9.10. The van der Waals surface area contributed by atoms with Crippen molar-refractivity contribution in [3.05, 3.63) is 228 Å². The molecule has 12 rings (SSSR count). The quantitative estimate of drug-likeness (QED) is 0.0206. The van der Waals surface area contributed by atoms with Crippen molar-refractivity contribution < 1.29 is 57.1 Å². The molecule has 2 aliphatic heterocycles. The Morgan fingerprint density at radius 2 is 0.971 bits per heavy atom. The second-order valence-corrected chi connectivity index (χ2v) is 26.2. The van der Waals surface area contributed by atoms with Crippen molar-refractivity contribution in [3.63, 3.8) is 0 Å². The van der Waals surface area contributed by atoms with E-state index in [1.54, 1.807) is 97.1 Å². The second kappa shape index (κ2) is 36.2. The number of benzene rings is 6. The van der Waals surface area contributed by atoms with E-state index in [2.05, 4.69) is 65.0 Å². The molecule has 0 aliphatic carbocycles. The van der Waals surface area contributed by atoms with Gasteiger partial charge in [0.15, 0.2) is 11.3 Å². The average Bonchev–Trinajstić information content (AvgIpc) is 1.62. The Morgan fingerprint density at radius 3 is 1.39 bits per heavy atom. The van der Waals surface area contributed by atoms with E-state index in [0.29, 0.717) is 125 Å². The van der Waals surface area contributed by atoms with Crippen LogP contribution in [-0.4, -0.2) is 121 Å². The van der Waals surface area contributed by atoms with Crippen molar-refractivity contribution >= 4 is 98.2 Å². The second-order valence-electron chi connectivity index (χ2n) is 25.4. The maximum atomic E-state index is 14.7. The van der Waals surface area contributed by atoms with Crippen LogP contribution in [0.3, 0.4) is 0 Å². The molecule has 6 heterocycles. The van der Waals surface area contributed by atoms with Gasteiger partial charge in [0.2, 0.25) is 0 Å². The highest BCUT2D eigenvalue weighted by Gasteiger charge is 2.26. The number of nitrogens with zero attached hydrogens (tertiary/aromatic N) is 6. The fourth-order valence-corrected chi connectivity index (χ4v) is 13.0. The number of aromatic nitrogens is 6. The number of pyridine rings is 2. The number of carbonyl (C=O) groups is 6. The molecule has 540 valence electrons. The molecule has 104 heavy (non-hydrogen) atoms. The lowest BCUT2D eigenvalue weighted by molar-refractivity contribution is 0.0903. The molecule has 0 bridgehead atoms. The standard InChI is InChI=1S/C39H41FN6O4.C32H36BrFN6O3.C7H7BO3/c1-4-35-32(36(44-30-11-13-50-14-12-30)33-22-43-46(5-2)37(33)45-35)21-42-39(49)29-16-24(3)15-28(19-29)38(48)41-20-25-9-10-34(40)31(18-25)27-8-6-7-26(17-27)23-47;1-4-28-24(29(38-23-8-10-43-11-9-23)25-18-37-40(5-2)30(25)39-28)17-36-32(42)22-13-19(3)12-21(15-22)31(41)35-16-20-6-7-27(34)26(33)14-20;9-5-6-2-1-3-7(4-6)8(10)11/h6-10,15-19,22-23,30H,4-5,11-14,20-21H2,1-3H3,(H,41,48)(H,42,49)(H,44,45);6-7,12-15,18,23H,4-5,8-11,16-17H2,1-3H3,(H,35,41)(H,36,42)(H,38,39);1-5,10-11H. The number of nitrogens with one attached hydrogen (secondary N) is 6. The highest BCUT2D eigenvalue weighted by atomic mass is 79.9. The summed E-state index contributed by atoms with van der Waals surface area (Å²) in [4.78, 5) is 84.7. The van der Waals surface area contributed by atoms with Crippen molar-refractivity contribution in [2.24, 2.45) is 0 Å². The van der Waals surface area contributed by atoms with Crippen LogP contribution >= 0.6 is 15.9 Å². The Morgan fingerprint density at radius 1 is 0.548 bits per heavy atom. The van der Waals surface area contributed by atoms with Crippen LogP contribution in [0.25, 0.3) is 33.2 Å². The third-order valence-corrected chi connectivity index (χ3v) is 18.6. The van der Waals surface area contributed by atoms with Gasteiger partial charge in [-0.3, -0.25) is 28.8 Å². The Balaban J connectivity index is 0.000000196. The van der Waals surface area contributed by atoms with E-state index in [4.69, 9.17) is 29.5 Å². The Labute approximate surface area is 610 Å². The zero-order valence-corrected chi connectivity index (χ0v) is 60.5. The molecule has 0 unspecified atom stereocenters. The zero-order chi connectivity index (χ0) is 74.0. The van der Waals surface area contributed by atoms with Crippen LogP contribution in [-0.2, 0) is 61.6 Å². The lowest BCUT2D eigenvalue weighted by Gasteiger charge is -2.26. The van der Waals surface area contributed by atoms with Crippen LogP contribution in [0.4, 0.5) is 20.2 Å². The third-order valence-electron chi connectivity index (χ3n) is 18.0. The molecule has 8 N–H and O–H groups in total. The topological polar surface area (TPSA) is 295 Å². The summed E-state index contributed by atoms with van der Waals surface area (Å²) in [6.45, 7) is 16.9. The largest absolute Gasteiger partial charge is 0.488 e. The van der Waals surface area contributed by atoms with Crippen molar-refractivity contribution in [2.75, 3.05) is 37.1 Å². The number of rotatable bonds is 24. The molecule has 2 saturated heterocycles. The van der Waals surface area contributed by atoms with Crippen LogP contribution in [0.2, 0.25) is 0 Å². The van der Waals surface area contributed by atoms with E-state index in [-0.39, 0.29) is 67.7 Å². The maximum absolute atomic E-state index is 14.7. The molecular formula is C78H84BBrF2N12O10. The number of ether oxygens (including phenoxy) is 2. The Kier molecular flexibility index (Phi) is 26.5. The molecule has 22 nitrogen and oxygen atoms in total. The molecule has 0 spiro atoms. The summed E-state index contributed by atoms with van der Waals surface area (Å²) in [7, 11) is -1.50. The summed E-state index contributed by atoms with van der Waals surface area (Å²) in [6, 6.07) is 32.7. The van der Waals surface area contributed by atoms with E-state index in [1.165, 1.54) is 24.3 Å². The van der Waals surface area contributed by atoms with Gasteiger partial charge in [0.25, 0.3) is 23.6 Å². The summed E-state index contributed by atoms with van der Waals surface area (Å²) in [5, 5.41) is 47.7. The predicted molar refractivity (Wildman–Crippen MR) is 400 cm³/mol. The molecule has 0 atom stereocenters. The fraction of sp³-hybridized carbons (Fsp3) is 0.308. The zero-order valence-electron chi connectivity index (χ0n) is 58.9. The summed E-state index contributed by atoms with van der Waals surface area (Å²) in [6.07, 6.45) is 9.96. The molecule has 4 amide bonds. The Bertz CT molecular complexity index is 4770. The van der Waals surface area contributed by atoms with Gasteiger partial charge in [-0.25, -0.2) is 28.1 Å². The van der Waals surface area contributed by atoms with Crippen LogP contribution in [0.5, 0.6) is 0 Å². The number of amides is 4. The number of hydrogen-bond acceptors (Lipinski definition) is 16. The summed E-state index contributed by atoms with van der Waals surface area (Å²) >= 11 is 3.17. The third kappa shape index (κ3) is 19.3. The average molecular weight is 1480 g/mol. The van der Waals surface area contributed by atoms with Crippen LogP contribution in [0.1, 0.15) is 160 Å². The molecule has 2 fully saturated rings. The first-order chi connectivity index (χ1) is 50.3. The molecule has 6 aromatic carbocycles. The van der Waals surface area contributed by atoms with Gasteiger partial charge in [0.1, 0.15) is 24.2 Å². The number of carbonyl (C=O) groups excluding carboxylic acids is 6. The van der Waals surface area contributed by atoms with Gasteiger partial charge < -0.3 is 51.4 Å². The molecule has 2 aliphatic rings. The number of aldehydes is 2. The highest BCUT2D eigenvalue weighted by Crippen LogP contribution is 2.34. The maximum Gasteiger partial charge on any atom is 0.488 e. The number of anilines is 2. The van der Waals surface area contributed by atoms with Gasteiger partial charge >= 0.3 is 7.12 Å². The van der Waals surface area contributed by atoms with E-state index in [9.17, 15) is 37.5 Å². The van der Waals surface area contributed by atoms with Crippen LogP contribution in [0, 0.1) is 25.5 Å². The van der Waals surface area contributed by atoms with Gasteiger partial charge in [-0.15, -0.1) is 0 Å². The van der Waals surface area contributed by atoms with E-state index < -0.39 is 12.9 Å². The van der Waals surface area contributed by atoms with E-state index in [0.717, 1.165) is 98.3 Å². The van der Waals surface area contributed by atoms with Gasteiger partial charge in [0, 0.05) is 139 Å². The SMILES string of the molecule is CCc1nc2c(cnn2CC)c(NC2CCOCC2)c1CNC(=O)c1cc(C)cc(C(=O)NCc2ccc(F)c(-c3cccc(C=O)c3)c2)c1.CCc1nc2c(cnn2CC)c(NC2CCOCC2)c1CNC(=O)c1cc(C)cc(C(=O)NCc2ccc(F)c(Br)c2)c1.O=Cc1cccc(B(O)O)c1. The van der Waals surface area contributed by atoms with Gasteiger partial charge in [-0.1, -0.05) is 68.4 Å². The van der Waals surface area contributed by atoms with Crippen molar-refractivity contribution in [2.45, 2.75) is 131 Å². The summed E-state index contributed by atoms with van der Waals surface area (Å²) < 4.78 is 43.5.